The third-order valence-corrected chi connectivity index (χ3v) is 6.83. The molecule has 2 N–H and O–H groups in total. The van der Waals surface area contributed by atoms with Crippen molar-refractivity contribution in [1.29, 1.82) is 0 Å². The standard InChI is InChI=1S/C25H25ClFN3O4/c1-14(31)30-9-8-15(13-30)25(2,24(33)28-3)34-17-5-7-18-20(11-17)23(32)29-12-21(18)19-6-4-16(27)10-22(19)26/h4-7,10-12,15H,8-9,13H2,1-3H3,(H,28,33)(H,29,32)/t15-,25?/m1/s1. The summed E-state index contributed by atoms with van der Waals surface area (Å²) in [7, 11) is 1.53. The van der Waals surface area contributed by atoms with Crippen molar-refractivity contribution in [2.24, 2.45) is 5.92 Å². The van der Waals surface area contributed by atoms with E-state index in [4.69, 9.17) is 16.3 Å². The Morgan fingerprint density at radius 1 is 1.21 bits per heavy atom. The maximum Gasteiger partial charge on any atom is 0.264 e. The Hall–Kier alpha value is -3.39. The van der Waals surface area contributed by atoms with E-state index < -0.39 is 11.4 Å². The maximum absolute atomic E-state index is 13.5. The second kappa shape index (κ2) is 9.10. The van der Waals surface area contributed by atoms with Crippen LogP contribution in [0.4, 0.5) is 4.39 Å². The Labute approximate surface area is 200 Å². The van der Waals surface area contributed by atoms with Crippen molar-refractivity contribution < 1.29 is 18.7 Å². The molecule has 1 aliphatic rings. The van der Waals surface area contributed by atoms with Gasteiger partial charge in [0.15, 0.2) is 5.60 Å². The molecule has 2 aromatic carbocycles. The summed E-state index contributed by atoms with van der Waals surface area (Å²) in [4.78, 5) is 41.7. The largest absolute Gasteiger partial charge is 0.477 e. The van der Waals surface area contributed by atoms with E-state index >= 15 is 0 Å². The summed E-state index contributed by atoms with van der Waals surface area (Å²) in [5, 5.41) is 3.82. The highest BCUT2D eigenvalue weighted by Gasteiger charge is 2.46. The molecule has 178 valence electrons. The lowest BCUT2D eigenvalue weighted by Gasteiger charge is -2.34. The molecule has 9 heteroatoms. The topological polar surface area (TPSA) is 91.5 Å². The number of pyridine rings is 1. The molecule has 1 aromatic heterocycles. The van der Waals surface area contributed by atoms with E-state index in [2.05, 4.69) is 10.3 Å². The number of hydrogen-bond acceptors (Lipinski definition) is 4. The number of benzene rings is 2. The van der Waals surface area contributed by atoms with Crippen LogP contribution in [0, 0.1) is 11.7 Å². The fourth-order valence-corrected chi connectivity index (χ4v) is 4.81. The van der Waals surface area contributed by atoms with Crippen molar-refractivity contribution in [3.05, 3.63) is 63.8 Å². The summed E-state index contributed by atoms with van der Waals surface area (Å²) >= 11 is 6.25. The normalized spacial score (nSPS) is 17.4. The van der Waals surface area contributed by atoms with Crippen LogP contribution in [-0.2, 0) is 9.59 Å². The lowest BCUT2D eigenvalue weighted by atomic mass is 9.87. The van der Waals surface area contributed by atoms with E-state index in [1.54, 1.807) is 36.1 Å². The van der Waals surface area contributed by atoms with Crippen LogP contribution in [0.15, 0.2) is 47.4 Å². The summed E-state index contributed by atoms with van der Waals surface area (Å²) in [5.74, 6) is -0.709. The van der Waals surface area contributed by atoms with E-state index in [-0.39, 0.29) is 28.3 Å². The maximum atomic E-state index is 13.5. The van der Waals surface area contributed by atoms with Crippen molar-refractivity contribution in [2.75, 3.05) is 20.1 Å². The number of fused-ring (bicyclic) bond motifs is 1. The first-order valence-corrected chi connectivity index (χ1v) is 11.3. The molecule has 0 saturated carbocycles. The van der Waals surface area contributed by atoms with Gasteiger partial charge < -0.3 is 19.9 Å². The van der Waals surface area contributed by atoms with E-state index in [1.807, 2.05) is 0 Å². The zero-order valence-electron chi connectivity index (χ0n) is 19.1. The van der Waals surface area contributed by atoms with Gasteiger partial charge in [0.1, 0.15) is 11.6 Å². The number of nitrogens with zero attached hydrogens (tertiary/aromatic N) is 1. The number of halogens is 2. The number of likely N-dealkylation sites (tertiary alicyclic amines) is 1. The predicted octanol–water partition coefficient (Wildman–Crippen LogP) is 3.74. The Morgan fingerprint density at radius 2 is 1.97 bits per heavy atom. The van der Waals surface area contributed by atoms with Crippen LogP contribution in [0.1, 0.15) is 20.3 Å². The molecule has 1 saturated heterocycles. The minimum atomic E-state index is -1.25. The summed E-state index contributed by atoms with van der Waals surface area (Å²) in [5.41, 5.74) is -0.388. The molecule has 2 amide bonds. The molecule has 7 nitrogen and oxygen atoms in total. The van der Waals surface area contributed by atoms with Gasteiger partial charge in [0.25, 0.3) is 11.5 Å². The third-order valence-electron chi connectivity index (χ3n) is 6.52. The zero-order valence-corrected chi connectivity index (χ0v) is 19.8. The third kappa shape index (κ3) is 4.25. The van der Waals surface area contributed by atoms with Crippen LogP contribution in [0.5, 0.6) is 5.75 Å². The second-order valence-corrected chi connectivity index (χ2v) is 9.01. The average molecular weight is 486 g/mol. The molecule has 2 heterocycles. The lowest BCUT2D eigenvalue weighted by Crippen LogP contribution is -2.54. The fourth-order valence-electron chi connectivity index (χ4n) is 4.54. The molecule has 0 bridgehead atoms. The van der Waals surface area contributed by atoms with Gasteiger partial charge in [-0.2, -0.15) is 0 Å². The van der Waals surface area contributed by atoms with E-state index in [1.165, 1.54) is 32.3 Å². The van der Waals surface area contributed by atoms with E-state index in [0.717, 1.165) is 0 Å². The van der Waals surface area contributed by atoms with Crippen LogP contribution in [-0.4, -0.2) is 47.4 Å². The minimum Gasteiger partial charge on any atom is -0.477 e. The van der Waals surface area contributed by atoms with E-state index in [9.17, 15) is 18.8 Å². The molecular formula is C25H25ClFN3O4. The number of nitrogens with one attached hydrogen (secondary N) is 2. The summed E-state index contributed by atoms with van der Waals surface area (Å²) < 4.78 is 19.8. The van der Waals surface area contributed by atoms with Crippen molar-refractivity contribution in [2.45, 2.75) is 25.9 Å². The highest BCUT2D eigenvalue weighted by atomic mass is 35.5. The first-order valence-electron chi connectivity index (χ1n) is 10.9. The van der Waals surface area contributed by atoms with Crippen LogP contribution >= 0.6 is 11.6 Å². The molecule has 2 atom stereocenters. The molecule has 0 aliphatic carbocycles. The van der Waals surface area contributed by atoms with Gasteiger partial charge in [-0.05, 0) is 55.1 Å². The Balaban J connectivity index is 1.74. The number of ether oxygens (including phenoxy) is 1. The van der Waals surface area contributed by atoms with Gasteiger partial charge in [-0.1, -0.05) is 11.6 Å². The van der Waals surface area contributed by atoms with Gasteiger partial charge in [0.2, 0.25) is 5.91 Å². The highest BCUT2D eigenvalue weighted by molar-refractivity contribution is 6.33. The highest BCUT2D eigenvalue weighted by Crippen LogP contribution is 2.36. The SMILES string of the molecule is CNC(=O)C(C)(Oc1ccc2c(-c3ccc(F)cc3Cl)c[nH]c(=O)c2c1)[C@@H]1CCN(C(C)=O)C1. The Morgan fingerprint density at radius 3 is 2.62 bits per heavy atom. The number of H-pyrrole nitrogens is 1. The van der Waals surface area contributed by atoms with Gasteiger partial charge in [-0.25, -0.2) is 4.39 Å². The molecule has 3 aromatic rings. The van der Waals surface area contributed by atoms with Crippen molar-refractivity contribution in [3.63, 3.8) is 0 Å². The van der Waals surface area contributed by atoms with Crippen LogP contribution in [0.25, 0.3) is 21.9 Å². The molecule has 0 spiro atoms. The first-order chi connectivity index (χ1) is 16.1. The quantitative estimate of drug-likeness (QED) is 0.576. The number of aromatic nitrogens is 1. The summed E-state index contributed by atoms with van der Waals surface area (Å²) in [6, 6.07) is 9.05. The van der Waals surface area contributed by atoms with Gasteiger partial charge in [0.05, 0.1) is 10.4 Å². The van der Waals surface area contributed by atoms with Crippen molar-refractivity contribution in [1.82, 2.24) is 15.2 Å². The zero-order chi connectivity index (χ0) is 24.6. The van der Waals surface area contributed by atoms with Gasteiger partial charge >= 0.3 is 0 Å². The molecular weight excluding hydrogens is 461 g/mol. The first kappa shape index (κ1) is 23.8. The van der Waals surface area contributed by atoms with Crippen LogP contribution in [0.3, 0.4) is 0 Å². The van der Waals surface area contributed by atoms with Crippen molar-refractivity contribution in [3.8, 4) is 16.9 Å². The monoisotopic (exact) mass is 485 g/mol. The summed E-state index contributed by atoms with van der Waals surface area (Å²) in [6.07, 6.45) is 2.15. The van der Waals surface area contributed by atoms with Crippen LogP contribution < -0.4 is 15.6 Å². The molecule has 1 aliphatic heterocycles. The minimum absolute atomic E-state index is 0.0500. The summed E-state index contributed by atoms with van der Waals surface area (Å²) in [6.45, 7) is 4.15. The lowest BCUT2D eigenvalue weighted by molar-refractivity contribution is -0.140. The molecule has 1 unspecified atom stereocenters. The average Bonchev–Trinajstić information content (AvgIpc) is 3.31. The molecule has 34 heavy (non-hydrogen) atoms. The predicted molar refractivity (Wildman–Crippen MR) is 128 cm³/mol. The number of rotatable bonds is 5. The number of likely N-dealkylation sites (N-methyl/N-ethyl adjacent to an activating group) is 1. The number of carbonyl (C=O) groups is 2. The van der Waals surface area contributed by atoms with Gasteiger partial charge in [0, 0.05) is 50.3 Å². The van der Waals surface area contributed by atoms with Gasteiger partial charge in [-0.15, -0.1) is 0 Å². The number of carbonyl (C=O) groups excluding carboxylic acids is 2. The number of aromatic amines is 1. The van der Waals surface area contributed by atoms with Crippen molar-refractivity contribution >= 4 is 34.2 Å². The van der Waals surface area contributed by atoms with E-state index in [0.29, 0.717) is 47.2 Å². The molecule has 1 fully saturated rings. The number of amides is 2. The van der Waals surface area contributed by atoms with Crippen LogP contribution in [0.2, 0.25) is 5.02 Å². The van der Waals surface area contributed by atoms with Gasteiger partial charge in [-0.3, -0.25) is 14.4 Å². The smallest absolute Gasteiger partial charge is 0.264 e. The second-order valence-electron chi connectivity index (χ2n) is 8.60. The molecule has 0 radical (unpaired) electrons. The molecule has 4 rings (SSSR count). The fraction of sp³-hybridized carbons (Fsp3) is 0.320. The Bertz CT molecular complexity index is 1340. The Kier molecular flexibility index (Phi) is 6.36. The number of hydrogen-bond donors (Lipinski definition) is 2.